The van der Waals surface area contributed by atoms with Gasteiger partial charge in [0.05, 0.1) is 23.4 Å². The highest BCUT2D eigenvalue weighted by Gasteiger charge is 2.48. The number of aromatic nitrogens is 5. The smallest absolute Gasteiger partial charge is 0.163 e. The number of hydrogen-bond acceptors (Lipinski definition) is 7. The van der Waals surface area contributed by atoms with E-state index < -0.39 is 5.60 Å². The predicted octanol–water partition coefficient (Wildman–Crippen LogP) is 3.45. The van der Waals surface area contributed by atoms with Crippen LogP contribution >= 0.6 is 0 Å². The Balaban J connectivity index is 1.47. The molecule has 3 fully saturated rings. The first-order valence-corrected chi connectivity index (χ1v) is 12.4. The van der Waals surface area contributed by atoms with E-state index in [1.165, 1.54) is 24.8 Å². The van der Waals surface area contributed by atoms with Crippen molar-refractivity contribution in [1.29, 1.82) is 0 Å². The zero-order chi connectivity index (χ0) is 22.9. The van der Waals surface area contributed by atoms with E-state index in [0.717, 1.165) is 64.9 Å². The number of piperidine rings is 1. The number of H-pyrrole nitrogens is 1. The molecule has 0 amide bonds. The maximum absolute atomic E-state index is 11.4. The van der Waals surface area contributed by atoms with Gasteiger partial charge >= 0.3 is 0 Å². The average Bonchev–Trinajstić information content (AvgIpc) is 3.36. The van der Waals surface area contributed by atoms with Crippen LogP contribution in [0.3, 0.4) is 0 Å². The number of anilines is 1. The number of nitrogens with zero attached hydrogens (tertiary/aromatic N) is 5. The van der Waals surface area contributed by atoms with Gasteiger partial charge in [0.1, 0.15) is 11.5 Å². The summed E-state index contributed by atoms with van der Waals surface area (Å²) in [6.07, 6.45) is 11.0. The van der Waals surface area contributed by atoms with Gasteiger partial charge in [-0.3, -0.25) is 4.98 Å². The molecule has 4 aromatic rings. The van der Waals surface area contributed by atoms with Gasteiger partial charge in [-0.25, -0.2) is 15.0 Å². The van der Waals surface area contributed by atoms with Crippen LogP contribution in [0.2, 0.25) is 0 Å². The zero-order valence-electron chi connectivity index (χ0n) is 19.4. The van der Waals surface area contributed by atoms with Crippen LogP contribution in [-0.4, -0.2) is 61.3 Å². The van der Waals surface area contributed by atoms with Crippen LogP contribution in [0.5, 0.6) is 0 Å². The summed E-state index contributed by atoms with van der Waals surface area (Å²) in [6, 6.07) is 4.15. The summed E-state index contributed by atoms with van der Waals surface area (Å²) in [7, 11) is 0. The minimum Gasteiger partial charge on any atom is -0.386 e. The van der Waals surface area contributed by atoms with Gasteiger partial charge in [0.25, 0.3) is 0 Å². The van der Waals surface area contributed by atoms with Crippen molar-refractivity contribution in [3.05, 3.63) is 42.0 Å². The van der Waals surface area contributed by atoms with Gasteiger partial charge in [0, 0.05) is 47.5 Å². The molecule has 1 aliphatic carbocycles. The number of pyridine rings is 2. The number of hydrogen-bond donors (Lipinski definition) is 3. The molecule has 3 N–H and O–H groups in total. The van der Waals surface area contributed by atoms with E-state index in [0.29, 0.717) is 18.3 Å². The molecule has 0 bridgehead atoms. The molecule has 3 aliphatic rings. The number of rotatable bonds is 3. The lowest BCUT2D eigenvalue weighted by Crippen LogP contribution is -2.56. The fraction of sp³-hybridized carbons (Fsp3) is 0.462. The van der Waals surface area contributed by atoms with Crippen LogP contribution in [-0.2, 0) is 0 Å². The second-order valence-electron chi connectivity index (χ2n) is 10.2. The van der Waals surface area contributed by atoms with Crippen LogP contribution in [0, 0.1) is 6.92 Å². The molecule has 2 atom stereocenters. The highest BCUT2D eigenvalue weighted by molar-refractivity contribution is 5.97. The molecule has 8 heteroatoms. The van der Waals surface area contributed by atoms with Gasteiger partial charge in [0.15, 0.2) is 5.82 Å². The van der Waals surface area contributed by atoms with E-state index >= 15 is 0 Å². The maximum atomic E-state index is 11.4. The van der Waals surface area contributed by atoms with E-state index in [2.05, 4.69) is 31.2 Å². The average molecular weight is 456 g/mol. The number of aliphatic hydroxyl groups is 1. The lowest BCUT2D eigenvalue weighted by Gasteiger charge is -2.39. The number of nitrogens with one attached hydrogen (secondary N) is 2. The summed E-state index contributed by atoms with van der Waals surface area (Å²) in [5.41, 5.74) is 4.28. The number of fused-ring (bicyclic) bond motifs is 3. The summed E-state index contributed by atoms with van der Waals surface area (Å²) in [5, 5.41) is 16.9. The second-order valence-corrected chi connectivity index (χ2v) is 10.2. The monoisotopic (exact) mass is 455 g/mol. The molecule has 0 spiro atoms. The fourth-order valence-corrected chi connectivity index (χ4v) is 6.15. The zero-order valence-corrected chi connectivity index (χ0v) is 19.4. The summed E-state index contributed by atoms with van der Waals surface area (Å²) in [4.78, 5) is 25.1. The number of aromatic amines is 1. The number of aryl methyl sites for hydroxylation is 1. The minimum atomic E-state index is -0.721. The van der Waals surface area contributed by atoms with Gasteiger partial charge < -0.3 is 20.3 Å². The van der Waals surface area contributed by atoms with Crippen molar-refractivity contribution >= 4 is 27.8 Å². The summed E-state index contributed by atoms with van der Waals surface area (Å²) in [5.74, 6) is 2.15. The Morgan fingerprint density at radius 1 is 1.18 bits per heavy atom. The van der Waals surface area contributed by atoms with Crippen LogP contribution in [0.25, 0.3) is 33.3 Å². The van der Waals surface area contributed by atoms with Crippen LogP contribution in [0.1, 0.15) is 49.3 Å². The molecule has 1 saturated carbocycles. The van der Waals surface area contributed by atoms with Crippen molar-refractivity contribution < 1.29 is 5.11 Å². The van der Waals surface area contributed by atoms with E-state index in [4.69, 9.17) is 9.97 Å². The Morgan fingerprint density at radius 2 is 2.09 bits per heavy atom. The van der Waals surface area contributed by atoms with E-state index in [-0.39, 0.29) is 6.04 Å². The lowest BCUT2D eigenvalue weighted by atomic mass is 9.79. The normalized spacial score (nSPS) is 25.1. The standard InChI is InChI=1S/C26H29N7O/c1-15-11-18-17(5-9-29-23(18)30-15)24-31-20-13-28-12-19(16-3-2-4-16)22(20)25(32-24)33-10-7-26(34)14-27-8-6-21(26)33/h5,9,11-13,16,21,27,34H,2-4,6-8,10,14H2,1H3,(H,29,30)/t21-,26-/m0/s1. The lowest BCUT2D eigenvalue weighted by molar-refractivity contribution is 0.0159. The molecular formula is C26H29N7O. The Hall–Kier alpha value is -3.10. The van der Waals surface area contributed by atoms with Gasteiger partial charge in [-0.15, -0.1) is 0 Å². The molecule has 8 nitrogen and oxygen atoms in total. The topological polar surface area (TPSA) is 103 Å². The summed E-state index contributed by atoms with van der Waals surface area (Å²) < 4.78 is 0. The minimum absolute atomic E-state index is 0.0501. The van der Waals surface area contributed by atoms with Crippen molar-refractivity contribution in [2.24, 2.45) is 0 Å². The highest BCUT2D eigenvalue weighted by Crippen LogP contribution is 2.44. The molecule has 0 radical (unpaired) electrons. The molecular weight excluding hydrogens is 426 g/mol. The van der Waals surface area contributed by atoms with Crippen molar-refractivity contribution in [2.45, 2.75) is 56.6 Å². The molecule has 0 unspecified atom stereocenters. The Kier molecular flexibility index (Phi) is 4.45. The SMILES string of the molecule is Cc1cc2c(-c3nc(N4CC[C@]5(O)CNCC[C@H]45)c4c(C5CCC5)cncc4n3)ccnc2[nH]1. The fourth-order valence-electron chi connectivity index (χ4n) is 6.15. The van der Waals surface area contributed by atoms with Crippen molar-refractivity contribution in [3.8, 4) is 11.4 Å². The first kappa shape index (κ1) is 20.3. The molecule has 174 valence electrons. The Bertz CT molecular complexity index is 1410. The third-order valence-corrected chi connectivity index (χ3v) is 8.15. The molecule has 7 rings (SSSR count). The molecule has 2 aliphatic heterocycles. The third-order valence-electron chi connectivity index (χ3n) is 8.15. The van der Waals surface area contributed by atoms with Crippen molar-refractivity contribution in [2.75, 3.05) is 24.5 Å². The first-order chi connectivity index (χ1) is 16.6. The molecule has 4 aromatic heterocycles. The summed E-state index contributed by atoms with van der Waals surface area (Å²) in [6.45, 7) is 4.36. The van der Waals surface area contributed by atoms with E-state index in [9.17, 15) is 5.11 Å². The van der Waals surface area contributed by atoms with Crippen LogP contribution in [0.4, 0.5) is 5.82 Å². The second kappa shape index (κ2) is 7.45. The van der Waals surface area contributed by atoms with Gasteiger partial charge in [-0.2, -0.15) is 0 Å². The molecule has 34 heavy (non-hydrogen) atoms. The quantitative estimate of drug-likeness (QED) is 0.435. The van der Waals surface area contributed by atoms with E-state index in [1.54, 1.807) is 0 Å². The summed E-state index contributed by atoms with van der Waals surface area (Å²) >= 11 is 0. The number of β-amino-alcohol motifs (C(OH)–C–C–N with tert-alkyl or cyclic N) is 1. The third kappa shape index (κ3) is 2.98. The molecule has 6 heterocycles. The molecule has 0 aromatic carbocycles. The van der Waals surface area contributed by atoms with E-state index in [1.807, 2.05) is 31.6 Å². The Labute approximate surface area is 197 Å². The van der Waals surface area contributed by atoms with Crippen LogP contribution in [0.15, 0.2) is 30.7 Å². The van der Waals surface area contributed by atoms with Crippen molar-refractivity contribution in [1.82, 2.24) is 30.2 Å². The van der Waals surface area contributed by atoms with Gasteiger partial charge in [-0.05, 0) is 62.8 Å². The van der Waals surface area contributed by atoms with Crippen molar-refractivity contribution in [3.63, 3.8) is 0 Å². The maximum Gasteiger partial charge on any atom is 0.163 e. The Morgan fingerprint density at radius 3 is 2.94 bits per heavy atom. The predicted molar refractivity (Wildman–Crippen MR) is 132 cm³/mol. The van der Waals surface area contributed by atoms with Crippen LogP contribution < -0.4 is 10.2 Å². The molecule has 2 saturated heterocycles. The van der Waals surface area contributed by atoms with Gasteiger partial charge in [-0.1, -0.05) is 6.42 Å². The highest BCUT2D eigenvalue weighted by atomic mass is 16.3. The first-order valence-electron chi connectivity index (χ1n) is 12.4. The largest absolute Gasteiger partial charge is 0.386 e. The van der Waals surface area contributed by atoms with Gasteiger partial charge in [0.2, 0.25) is 0 Å².